The summed E-state index contributed by atoms with van der Waals surface area (Å²) >= 11 is 4.32. The van der Waals surface area contributed by atoms with Gasteiger partial charge in [0.2, 0.25) is 0 Å². The van der Waals surface area contributed by atoms with Crippen molar-refractivity contribution < 1.29 is 19.2 Å². The molecular weight excluding hydrogens is 397 g/mol. The topological polar surface area (TPSA) is 65.5 Å². The lowest BCUT2D eigenvalue weighted by Gasteiger charge is -2.49. The van der Waals surface area contributed by atoms with Crippen LogP contribution in [-0.2, 0) is 14.4 Å². The molecule has 0 saturated carbocycles. The molecule has 0 amide bonds. The van der Waals surface area contributed by atoms with Gasteiger partial charge in [-0.05, 0) is 55.4 Å². The van der Waals surface area contributed by atoms with E-state index in [1.807, 2.05) is 20.8 Å². The van der Waals surface area contributed by atoms with Crippen LogP contribution in [0.1, 0.15) is 76.2 Å². The van der Waals surface area contributed by atoms with Crippen LogP contribution < -0.4 is 0 Å². The van der Waals surface area contributed by atoms with Gasteiger partial charge in [-0.1, -0.05) is 25.7 Å². The first-order chi connectivity index (χ1) is 12.6. The molecular formula is C19H42N3O4PS. The van der Waals surface area contributed by atoms with E-state index < -0.39 is 19.2 Å². The molecule has 0 fully saturated rings. The average molecular weight is 440 g/mol. The minimum atomic E-state index is -2.11. The first-order valence-electron chi connectivity index (χ1n) is 10.00. The van der Waals surface area contributed by atoms with E-state index in [-0.39, 0.29) is 36.6 Å². The molecule has 0 aliphatic carbocycles. The van der Waals surface area contributed by atoms with Crippen LogP contribution in [0, 0.1) is 5.41 Å². The Morgan fingerprint density at radius 1 is 0.929 bits per heavy atom. The van der Waals surface area contributed by atoms with E-state index in [0.29, 0.717) is 0 Å². The molecule has 0 bridgehead atoms. The third kappa shape index (κ3) is 8.52. The fourth-order valence-corrected chi connectivity index (χ4v) is 4.90. The zero-order valence-corrected chi connectivity index (χ0v) is 21.3. The highest BCUT2D eigenvalue weighted by Crippen LogP contribution is 2.43. The second-order valence-corrected chi connectivity index (χ2v) is 10.8. The third-order valence-electron chi connectivity index (χ3n) is 4.07. The largest absolute Gasteiger partial charge is 0.334 e. The van der Waals surface area contributed by atoms with E-state index in [1.165, 1.54) is 0 Å². The van der Waals surface area contributed by atoms with Crippen molar-refractivity contribution in [2.75, 3.05) is 6.61 Å². The smallest absolute Gasteiger partial charge is 0.318 e. The Bertz CT molecular complexity index is 437. The van der Waals surface area contributed by atoms with E-state index >= 15 is 0 Å². The zero-order chi connectivity index (χ0) is 22.4. The van der Waals surface area contributed by atoms with Gasteiger partial charge in [-0.2, -0.15) is 17.3 Å². The molecule has 0 saturated heterocycles. The maximum atomic E-state index is 12.3. The van der Waals surface area contributed by atoms with Crippen molar-refractivity contribution in [1.82, 2.24) is 14.9 Å². The van der Waals surface area contributed by atoms with Crippen molar-refractivity contribution in [3.63, 3.8) is 0 Å². The molecule has 0 rings (SSSR count). The third-order valence-corrected chi connectivity index (χ3v) is 5.41. The summed E-state index contributed by atoms with van der Waals surface area (Å²) in [5.41, 5.74) is -0.510. The van der Waals surface area contributed by atoms with Crippen LogP contribution in [0.4, 0.5) is 0 Å². The molecule has 0 aromatic rings. The lowest BCUT2D eigenvalue weighted by atomic mass is 9.89. The van der Waals surface area contributed by atoms with Gasteiger partial charge >= 0.3 is 8.53 Å². The second kappa shape index (κ2) is 12.2. The van der Waals surface area contributed by atoms with E-state index in [9.17, 15) is 9.69 Å². The number of hydrogen-bond donors (Lipinski definition) is 2. The number of hydrogen-bond acceptors (Lipinski definition) is 8. The zero-order valence-electron chi connectivity index (χ0n) is 19.5. The standard InChI is InChI=1S/C19H42N3O4PS/c1-13(2)20(14(3)4)22(21(15(5)6)16(7)8)27(24)26-25-12-17(28)18(23)19(9,10)11/h13-17,24,28H,12H2,1-11H3/t17?,27-/m0/s1. The molecule has 9 heteroatoms. The summed E-state index contributed by atoms with van der Waals surface area (Å²) in [6.45, 7) is 22.1. The van der Waals surface area contributed by atoms with E-state index in [1.54, 1.807) is 4.89 Å². The molecule has 1 unspecified atom stereocenters. The molecule has 1 N–H and O–H groups in total. The van der Waals surface area contributed by atoms with Gasteiger partial charge in [0.25, 0.3) is 0 Å². The molecule has 0 aliphatic heterocycles. The van der Waals surface area contributed by atoms with Crippen molar-refractivity contribution in [3.8, 4) is 0 Å². The molecule has 0 radical (unpaired) electrons. The van der Waals surface area contributed by atoms with E-state index in [4.69, 9.17) is 9.56 Å². The summed E-state index contributed by atoms with van der Waals surface area (Å²) in [5.74, 6) is -0.0319. The minimum absolute atomic E-state index is 0.0286. The Hall–Kier alpha value is 0.210. The average Bonchev–Trinajstić information content (AvgIpc) is 2.50. The molecule has 7 nitrogen and oxygen atoms in total. The lowest BCUT2D eigenvalue weighted by molar-refractivity contribution is -0.242. The Labute approximate surface area is 179 Å². The summed E-state index contributed by atoms with van der Waals surface area (Å²) in [5, 5.41) is 3.54. The number of Topliss-reactive ketones (excluding diaryl/α,β-unsaturated/α-hetero) is 1. The van der Waals surface area contributed by atoms with Gasteiger partial charge in [0.15, 0.2) is 5.78 Å². The number of nitrogens with zero attached hydrogens (tertiary/aromatic N) is 3. The van der Waals surface area contributed by atoms with Crippen LogP contribution in [0.15, 0.2) is 0 Å². The predicted octanol–water partition coefficient (Wildman–Crippen LogP) is 4.44. The number of carbonyl (C=O) groups excluding carboxylic acids is 1. The SMILES string of the molecule is CC(C)N(C(C)C)N(N(C(C)C)C(C)C)[P@@](O)OOCC(S)C(=O)C(C)(C)C. The van der Waals surface area contributed by atoms with E-state index in [0.717, 1.165) is 0 Å². The first kappa shape index (κ1) is 28.2. The first-order valence-corrected chi connectivity index (χ1v) is 11.7. The van der Waals surface area contributed by atoms with Crippen LogP contribution in [0.5, 0.6) is 0 Å². The Balaban J connectivity index is 5.37. The van der Waals surface area contributed by atoms with Crippen molar-refractivity contribution >= 4 is 26.9 Å². The van der Waals surface area contributed by atoms with Gasteiger partial charge in [0, 0.05) is 29.6 Å². The van der Waals surface area contributed by atoms with Crippen molar-refractivity contribution in [2.24, 2.45) is 5.41 Å². The van der Waals surface area contributed by atoms with Crippen LogP contribution in [0.2, 0.25) is 0 Å². The van der Waals surface area contributed by atoms with Crippen molar-refractivity contribution in [2.45, 2.75) is 106 Å². The van der Waals surface area contributed by atoms with Gasteiger partial charge < -0.3 is 4.89 Å². The van der Waals surface area contributed by atoms with Gasteiger partial charge in [-0.25, -0.2) is 14.9 Å². The van der Waals surface area contributed by atoms with Gasteiger partial charge in [-0.3, -0.25) is 4.79 Å². The summed E-state index contributed by atoms with van der Waals surface area (Å²) in [4.78, 5) is 30.2. The highest BCUT2D eigenvalue weighted by atomic mass is 32.1. The molecule has 28 heavy (non-hydrogen) atoms. The van der Waals surface area contributed by atoms with Crippen molar-refractivity contribution in [1.29, 1.82) is 0 Å². The number of carbonyl (C=O) groups is 1. The van der Waals surface area contributed by atoms with Crippen LogP contribution in [0.3, 0.4) is 0 Å². The highest BCUT2D eigenvalue weighted by molar-refractivity contribution is 7.81. The quantitative estimate of drug-likeness (QED) is 0.202. The molecule has 168 valence electrons. The summed E-state index contributed by atoms with van der Waals surface area (Å²) in [7, 11) is -2.11. The molecule has 0 aliphatic rings. The molecule has 0 aromatic carbocycles. The maximum Gasteiger partial charge on any atom is 0.318 e. The van der Waals surface area contributed by atoms with Crippen LogP contribution >= 0.6 is 21.2 Å². The van der Waals surface area contributed by atoms with E-state index in [2.05, 4.69) is 78.0 Å². The lowest BCUT2D eigenvalue weighted by Crippen LogP contribution is -2.59. The van der Waals surface area contributed by atoms with Gasteiger partial charge in [0.1, 0.15) is 6.61 Å². The highest BCUT2D eigenvalue weighted by Gasteiger charge is 2.38. The fourth-order valence-electron chi connectivity index (χ4n) is 3.06. The summed E-state index contributed by atoms with van der Waals surface area (Å²) < 4.78 is 5.36. The van der Waals surface area contributed by atoms with Gasteiger partial charge in [0.05, 0.1) is 5.25 Å². The minimum Gasteiger partial charge on any atom is -0.334 e. The fraction of sp³-hybridized carbons (Fsp3) is 0.947. The number of thiol groups is 1. The number of ketones is 1. The number of hydrazine groups is 2. The molecule has 2 atom stereocenters. The van der Waals surface area contributed by atoms with Crippen LogP contribution in [-0.4, -0.2) is 61.6 Å². The van der Waals surface area contributed by atoms with Gasteiger partial charge in [-0.15, -0.1) is 0 Å². The Kier molecular flexibility index (Phi) is 12.2. The summed E-state index contributed by atoms with van der Waals surface area (Å²) in [6.07, 6.45) is 0. The molecule has 0 spiro atoms. The Morgan fingerprint density at radius 2 is 1.29 bits per heavy atom. The molecule has 0 heterocycles. The van der Waals surface area contributed by atoms with Crippen LogP contribution in [0.25, 0.3) is 0 Å². The van der Waals surface area contributed by atoms with Crippen molar-refractivity contribution in [3.05, 3.63) is 0 Å². The predicted molar refractivity (Wildman–Crippen MR) is 119 cm³/mol. The maximum absolute atomic E-state index is 12.3. The normalized spacial score (nSPS) is 15.7. The molecule has 0 aromatic heterocycles. The Morgan fingerprint density at radius 3 is 1.57 bits per heavy atom. The monoisotopic (exact) mass is 439 g/mol. The second-order valence-electron chi connectivity index (χ2n) is 9.15. The number of rotatable bonds is 12. The summed E-state index contributed by atoms with van der Waals surface area (Å²) in [6, 6.07) is 0.559.